The summed E-state index contributed by atoms with van der Waals surface area (Å²) < 4.78 is 0. The number of H-pyrrole nitrogens is 1. The van der Waals surface area contributed by atoms with E-state index in [4.69, 9.17) is 0 Å². The molecule has 0 saturated heterocycles. The number of alkyl halides is 1. The van der Waals surface area contributed by atoms with Crippen molar-refractivity contribution >= 4 is 15.9 Å². The molecule has 1 N–H and O–H groups in total. The van der Waals surface area contributed by atoms with Gasteiger partial charge in [0, 0.05) is 17.4 Å². The minimum absolute atomic E-state index is 1.02. The molecule has 12 heavy (non-hydrogen) atoms. The van der Waals surface area contributed by atoms with E-state index in [9.17, 15) is 0 Å². The maximum Gasteiger partial charge on any atom is 0.0665 e. The van der Waals surface area contributed by atoms with Crippen molar-refractivity contribution in [2.45, 2.75) is 32.1 Å². The molecule has 0 saturated carbocycles. The molecule has 0 aromatic carbocycles. The van der Waals surface area contributed by atoms with Gasteiger partial charge in [-0.2, -0.15) is 5.10 Å². The fourth-order valence-corrected chi connectivity index (χ4v) is 2.22. The van der Waals surface area contributed by atoms with E-state index in [2.05, 4.69) is 26.1 Å². The molecule has 1 aliphatic carbocycles. The first-order valence-electron chi connectivity index (χ1n) is 4.53. The second kappa shape index (κ2) is 3.60. The van der Waals surface area contributed by atoms with Crippen LogP contribution in [0.4, 0.5) is 0 Å². The number of hydrogen-bond acceptors (Lipinski definition) is 1. The zero-order valence-electron chi connectivity index (χ0n) is 7.07. The van der Waals surface area contributed by atoms with Gasteiger partial charge < -0.3 is 0 Å². The Balaban J connectivity index is 2.25. The van der Waals surface area contributed by atoms with Crippen molar-refractivity contribution < 1.29 is 0 Å². The van der Waals surface area contributed by atoms with Gasteiger partial charge in [0.25, 0.3) is 0 Å². The van der Waals surface area contributed by atoms with E-state index in [1.165, 1.54) is 42.6 Å². The molecule has 1 aliphatic rings. The number of aryl methyl sites for hydroxylation is 2. The van der Waals surface area contributed by atoms with Crippen LogP contribution in [0.3, 0.4) is 0 Å². The highest BCUT2D eigenvalue weighted by molar-refractivity contribution is 9.09. The maximum absolute atomic E-state index is 4.33. The Bertz CT molecular complexity index is 267. The Kier molecular flexibility index (Phi) is 2.49. The first-order chi connectivity index (χ1) is 5.92. The van der Waals surface area contributed by atoms with Crippen LogP contribution in [0, 0.1) is 0 Å². The second-order valence-electron chi connectivity index (χ2n) is 3.27. The molecule has 1 aromatic heterocycles. The van der Waals surface area contributed by atoms with Gasteiger partial charge >= 0.3 is 0 Å². The fraction of sp³-hybridized carbons (Fsp3) is 0.667. The number of fused-ring (bicyclic) bond motifs is 1. The molecular formula is C9H13BrN2. The molecular weight excluding hydrogens is 216 g/mol. The lowest BCUT2D eigenvalue weighted by atomic mass is 9.95. The summed E-state index contributed by atoms with van der Waals surface area (Å²) in [6.45, 7) is 0. The van der Waals surface area contributed by atoms with Crippen LogP contribution in [0.5, 0.6) is 0 Å². The van der Waals surface area contributed by atoms with Crippen molar-refractivity contribution in [3.05, 3.63) is 17.0 Å². The molecule has 1 heterocycles. The third kappa shape index (κ3) is 1.42. The lowest BCUT2D eigenvalue weighted by Gasteiger charge is -2.10. The fourth-order valence-electron chi connectivity index (χ4n) is 1.85. The topological polar surface area (TPSA) is 28.7 Å². The van der Waals surface area contributed by atoms with Gasteiger partial charge in [0.2, 0.25) is 0 Å². The van der Waals surface area contributed by atoms with E-state index in [0.717, 1.165) is 11.8 Å². The summed E-state index contributed by atoms with van der Waals surface area (Å²) in [5, 5.41) is 8.49. The van der Waals surface area contributed by atoms with Crippen LogP contribution in [-0.2, 0) is 19.3 Å². The normalized spacial score (nSPS) is 16.1. The average molecular weight is 229 g/mol. The molecule has 0 fully saturated rings. The molecule has 2 rings (SSSR count). The largest absolute Gasteiger partial charge is 0.282 e. The molecule has 0 aliphatic heterocycles. The molecule has 0 atom stereocenters. The predicted octanol–water partition coefficient (Wildman–Crippen LogP) is 2.23. The molecule has 0 bridgehead atoms. The molecule has 0 spiro atoms. The van der Waals surface area contributed by atoms with Gasteiger partial charge in [-0.3, -0.25) is 5.10 Å². The van der Waals surface area contributed by atoms with E-state index in [1.807, 2.05) is 0 Å². The highest BCUT2D eigenvalue weighted by atomic mass is 79.9. The molecule has 1 aromatic rings. The van der Waals surface area contributed by atoms with Gasteiger partial charge in [0.05, 0.1) is 5.69 Å². The highest BCUT2D eigenvalue weighted by Gasteiger charge is 2.15. The minimum Gasteiger partial charge on any atom is -0.282 e. The van der Waals surface area contributed by atoms with Crippen LogP contribution in [-0.4, -0.2) is 15.5 Å². The van der Waals surface area contributed by atoms with Crippen molar-refractivity contribution in [1.29, 1.82) is 0 Å². The molecule has 66 valence electrons. The zero-order valence-corrected chi connectivity index (χ0v) is 8.65. The number of nitrogens with one attached hydrogen (secondary N) is 1. The molecule has 0 amide bonds. The quantitative estimate of drug-likeness (QED) is 0.774. The van der Waals surface area contributed by atoms with Crippen molar-refractivity contribution in [2.24, 2.45) is 0 Å². The van der Waals surface area contributed by atoms with Crippen LogP contribution in [0.1, 0.15) is 29.8 Å². The maximum atomic E-state index is 4.33. The van der Waals surface area contributed by atoms with E-state index in [0.29, 0.717) is 0 Å². The summed E-state index contributed by atoms with van der Waals surface area (Å²) in [4.78, 5) is 0. The summed E-state index contributed by atoms with van der Waals surface area (Å²) in [7, 11) is 0. The summed E-state index contributed by atoms with van der Waals surface area (Å²) >= 11 is 3.44. The lowest BCUT2D eigenvalue weighted by molar-refractivity contribution is 0.672. The van der Waals surface area contributed by atoms with Gasteiger partial charge in [0.15, 0.2) is 0 Å². The van der Waals surface area contributed by atoms with Crippen LogP contribution >= 0.6 is 15.9 Å². The average Bonchev–Trinajstić information content (AvgIpc) is 2.50. The highest BCUT2D eigenvalue weighted by Crippen LogP contribution is 2.22. The van der Waals surface area contributed by atoms with E-state index in [-0.39, 0.29) is 0 Å². The van der Waals surface area contributed by atoms with Crippen LogP contribution < -0.4 is 0 Å². The van der Waals surface area contributed by atoms with E-state index >= 15 is 0 Å². The van der Waals surface area contributed by atoms with Gasteiger partial charge in [-0.15, -0.1) is 0 Å². The summed E-state index contributed by atoms with van der Waals surface area (Å²) in [5.74, 6) is 0. The van der Waals surface area contributed by atoms with Crippen LogP contribution in [0.15, 0.2) is 0 Å². The number of rotatable bonds is 2. The monoisotopic (exact) mass is 228 g/mol. The standard InChI is InChI=1S/C9H13BrN2/c10-6-5-9-7-3-1-2-4-8(7)11-12-9/h1-6H2,(H,11,12). The second-order valence-corrected chi connectivity index (χ2v) is 4.07. The Morgan fingerprint density at radius 2 is 2.17 bits per heavy atom. The number of aromatic amines is 1. The zero-order chi connectivity index (χ0) is 8.39. The Hall–Kier alpha value is -0.310. The Morgan fingerprint density at radius 1 is 1.33 bits per heavy atom. The molecule has 0 unspecified atom stereocenters. The van der Waals surface area contributed by atoms with Crippen molar-refractivity contribution in [1.82, 2.24) is 10.2 Å². The molecule has 2 nitrogen and oxygen atoms in total. The van der Waals surface area contributed by atoms with Gasteiger partial charge in [0.1, 0.15) is 0 Å². The first-order valence-corrected chi connectivity index (χ1v) is 5.65. The third-order valence-corrected chi connectivity index (χ3v) is 2.87. The third-order valence-electron chi connectivity index (χ3n) is 2.47. The van der Waals surface area contributed by atoms with Gasteiger partial charge in [-0.05, 0) is 31.2 Å². The minimum atomic E-state index is 1.02. The van der Waals surface area contributed by atoms with Crippen molar-refractivity contribution in [3.8, 4) is 0 Å². The van der Waals surface area contributed by atoms with Crippen LogP contribution in [0.2, 0.25) is 0 Å². The Morgan fingerprint density at radius 3 is 3.00 bits per heavy atom. The van der Waals surface area contributed by atoms with Crippen molar-refractivity contribution in [2.75, 3.05) is 5.33 Å². The molecule has 0 radical (unpaired) electrons. The smallest absolute Gasteiger partial charge is 0.0665 e. The summed E-state index contributed by atoms with van der Waals surface area (Å²) in [5.41, 5.74) is 4.17. The van der Waals surface area contributed by atoms with Crippen LogP contribution in [0.25, 0.3) is 0 Å². The lowest BCUT2D eigenvalue weighted by Crippen LogP contribution is -2.02. The number of aromatic nitrogens is 2. The SMILES string of the molecule is BrCCc1n[nH]c2c1CCCC2. The molecule has 3 heteroatoms. The van der Waals surface area contributed by atoms with E-state index < -0.39 is 0 Å². The predicted molar refractivity (Wildman–Crippen MR) is 52.7 cm³/mol. The summed E-state index contributed by atoms with van der Waals surface area (Å²) in [6, 6.07) is 0. The number of halogens is 1. The summed E-state index contributed by atoms with van der Waals surface area (Å²) in [6.07, 6.45) is 6.15. The van der Waals surface area contributed by atoms with Gasteiger partial charge in [-0.1, -0.05) is 15.9 Å². The first kappa shape index (κ1) is 8.30. The van der Waals surface area contributed by atoms with Gasteiger partial charge in [-0.25, -0.2) is 0 Å². The van der Waals surface area contributed by atoms with Crippen molar-refractivity contribution in [3.63, 3.8) is 0 Å². The number of nitrogens with zero attached hydrogens (tertiary/aromatic N) is 1. The Labute approximate surface area is 80.9 Å². The number of hydrogen-bond donors (Lipinski definition) is 1. The van der Waals surface area contributed by atoms with E-state index in [1.54, 1.807) is 0 Å².